The van der Waals surface area contributed by atoms with Crippen molar-refractivity contribution >= 4 is 17.8 Å². The molecular formula is C15H29N5O2. The summed E-state index contributed by atoms with van der Waals surface area (Å²) in [5.41, 5.74) is 0. The number of carbonyl (C=O) groups is 2. The first-order valence-electron chi connectivity index (χ1n) is 8.00. The number of guanidine groups is 1. The number of aliphatic imine (C=N–C) groups is 1. The van der Waals surface area contributed by atoms with Gasteiger partial charge >= 0.3 is 0 Å². The molecule has 0 aromatic heterocycles. The standard InChI is InChI=1S/C15H29N5O2/c1-5-13(21)20-10-8-12(11-20)18-15(16-6-2)17-9-7-14(22)19(3)4/h12H,5-11H2,1-4H3,(H2,16,17,18). The van der Waals surface area contributed by atoms with E-state index < -0.39 is 0 Å². The molecular weight excluding hydrogens is 282 g/mol. The molecule has 1 aliphatic heterocycles. The lowest BCUT2D eigenvalue weighted by Gasteiger charge is -2.18. The van der Waals surface area contributed by atoms with Crippen LogP contribution in [0.1, 0.15) is 33.1 Å². The van der Waals surface area contributed by atoms with E-state index in [2.05, 4.69) is 15.6 Å². The van der Waals surface area contributed by atoms with Gasteiger partial charge in [-0.1, -0.05) is 6.92 Å². The number of hydrogen-bond acceptors (Lipinski definition) is 3. The number of likely N-dealkylation sites (tertiary alicyclic amines) is 1. The Labute approximate surface area is 133 Å². The van der Waals surface area contributed by atoms with Gasteiger partial charge in [-0.25, -0.2) is 0 Å². The van der Waals surface area contributed by atoms with Gasteiger partial charge in [0, 0.05) is 52.6 Å². The van der Waals surface area contributed by atoms with Crippen LogP contribution in [0.3, 0.4) is 0 Å². The van der Waals surface area contributed by atoms with E-state index in [1.807, 2.05) is 18.7 Å². The first-order chi connectivity index (χ1) is 10.5. The molecule has 1 rings (SSSR count). The molecule has 0 aromatic carbocycles. The van der Waals surface area contributed by atoms with Crippen molar-refractivity contribution in [3.05, 3.63) is 0 Å². The highest BCUT2D eigenvalue weighted by Gasteiger charge is 2.25. The summed E-state index contributed by atoms with van der Waals surface area (Å²) in [4.78, 5) is 31.1. The summed E-state index contributed by atoms with van der Waals surface area (Å²) in [5, 5.41) is 6.53. The molecule has 0 bridgehead atoms. The number of rotatable bonds is 6. The molecule has 1 heterocycles. The summed E-state index contributed by atoms with van der Waals surface area (Å²) in [6.45, 7) is 6.62. The van der Waals surface area contributed by atoms with Gasteiger partial charge in [0.15, 0.2) is 5.96 Å². The van der Waals surface area contributed by atoms with Crippen LogP contribution < -0.4 is 10.6 Å². The fourth-order valence-electron chi connectivity index (χ4n) is 2.33. The second-order valence-corrected chi connectivity index (χ2v) is 5.62. The Hall–Kier alpha value is -1.79. The van der Waals surface area contributed by atoms with Crippen LogP contribution in [0.15, 0.2) is 4.99 Å². The zero-order chi connectivity index (χ0) is 16.5. The predicted octanol–water partition coefficient (Wildman–Crippen LogP) is 0.0307. The highest BCUT2D eigenvalue weighted by atomic mass is 16.2. The van der Waals surface area contributed by atoms with Crippen molar-refractivity contribution in [3.63, 3.8) is 0 Å². The van der Waals surface area contributed by atoms with Gasteiger partial charge in [0.25, 0.3) is 0 Å². The van der Waals surface area contributed by atoms with Gasteiger partial charge in [-0.05, 0) is 13.3 Å². The zero-order valence-corrected chi connectivity index (χ0v) is 14.2. The summed E-state index contributed by atoms with van der Waals surface area (Å²) in [6.07, 6.45) is 1.87. The summed E-state index contributed by atoms with van der Waals surface area (Å²) in [6, 6.07) is 0.220. The molecule has 0 spiro atoms. The van der Waals surface area contributed by atoms with Crippen LogP contribution in [-0.4, -0.2) is 73.9 Å². The van der Waals surface area contributed by atoms with Crippen LogP contribution in [0.2, 0.25) is 0 Å². The topological polar surface area (TPSA) is 77.0 Å². The molecule has 0 saturated carbocycles. The lowest BCUT2D eigenvalue weighted by atomic mass is 10.3. The average molecular weight is 311 g/mol. The molecule has 22 heavy (non-hydrogen) atoms. The lowest BCUT2D eigenvalue weighted by Crippen LogP contribution is -2.45. The maximum atomic E-state index is 11.7. The third kappa shape index (κ3) is 5.91. The van der Waals surface area contributed by atoms with E-state index in [-0.39, 0.29) is 17.9 Å². The minimum atomic E-state index is 0.0696. The smallest absolute Gasteiger partial charge is 0.223 e. The quantitative estimate of drug-likeness (QED) is 0.536. The Bertz CT molecular complexity index is 409. The minimum absolute atomic E-state index is 0.0696. The molecule has 0 aliphatic carbocycles. The molecule has 7 nitrogen and oxygen atoms in total. The number of nitrogens with one attached hydrogen (secondary N) is 2. The highest BCUT2D eigenvalue weighted by molar-refractivity contribution is 5.81. The van der Waals surface area contributed by atoms with Gasteiger partial charge in [-0.2, -0.15) is 0 Å². The van der Waals surface area contributed by atoms with E-state index in [1.165, 1.54) is 0 Å². The molecule has 0 aromatic rings. The number of nitrogens with zero attached hydrogens (tertiary/aromatic N) is 3. The van der Waals surface area contributed by atoms with Crippen LogP contribution in [0, 0.1) is 0 Å². The first-order valence-corrected chi connectivity index (χ1v) is 8.00. The monoisotopic (exact) mass is 311 g/mol. The van der Waals surface area contributed by atoms with Crippen molar-refractivity contribution in [2.75, 3.05) is 40.3 Å². The second-order valence-electron chi connectivity index (χ2n) is 5.62. The molecule has 126 valence electrons. The number of hydrogen-bond donors (Lipinski definition) is 2. The van der Waals surface area contributed by atoms with E-state index in [4.69, 9.17) is 0 Å². The third-order valence-corrected chi connectivity index (χ3v) is 3.62. The molecule has 1 unspecified atom stereocenters. The Morgan fingerprint density at radius 3 is 2.64 bits per heavy atom. The Balaban J connectivity index is 2.47. The van der Waals surface area contributed by atoms with Crippen LogP contribution >= 0.6 is 0 Å². The molecule has 2 amide bonds. The predicted molar refractivity (Wildman–Crippen MR) is 87.7 cm³/mol. The first kappa shape index (κ1) is 18.3. The zero-order valence-electron chi connectivity index (χ0n) is 14.2. The maximum absolute atomic E-state index is 11.7. The Morgan fingerprint density at radius 1 is 1.32 bits per heavy atom. The molecule has 0 radical (unpaired) electrons. The van der Waals surface area contributed by atoms with E-state index in [0.29, 0.717) is 31.9 Å². The molecule has 7 heteroatoms. The lowest BCUT2D eigenvalue weighted by molar-refractivity contribution is -0.130. The average Bonchev–Trinajstić information content (AvgIpc) is 2.94. The van der Waals surface area contributed by atoms with Crippen molar-refractivity contribution in [1.29, 1.82) is 0 Å². The van der Waals surface area contributed by atoms with Crippen molar-refractivity contribution in [3.8, 4) is 0 Å². The van der Waals surface area contributed by atoms with Crippen molar-refractivity contribution in [2.45, 2.75) is 39.2 Å². The number of carbonyl (C=O) groups excluding carboxylic acids is 2. The van der Waals surface area contributed by atoms with Crippen molar-refractivity contribution in [1.82, 2.24) is 20.4 Å². The Morgan fingerprint density at radius 2 is 2.05 bits per heavy atom. The second kappa shape index (κ2) is 9.27. The Kier molecular flexibility index (Phi) is 7.70. The molecule has 1 saturated heterocycles. The molecule has 1 fully saturated rings. The summed E-state index contributed by atoms with van der Waals surface area (Å²) < 4.78 is 0. The van der Waals surface area contributed by atoms with Crippen molar-refractivity contribution < 1.29 is 9.59 Å². The minimum Gasteiger partial charge on any atom is -0.357 e. The maximum Gasteiger partial charge on any atom is 0.223 e. The summed E-state index contributed by atoms with van der Waals surface area (Å²) in [5.74, 6) is 0.979. The van der Waals surface area contributed by atoms with E-state index in [1.54, 1.807) is 19.0 Å². The van der Waals surface area contributed by atoms with Gasteiger partial charge in [-0.3, -0.25) is 14.6 Å². The fraction of sp³-hybridized carbons (Fsp3) is 0.800. The molecule has 1 aliphatic rings. The summed E-state index contributed by atoms with van der Waals surface area (Å²) >= 11 is 0. The van der Waals surface area contributed by atoms with Gasteiger partial charge in [0.1, 0.15) is 0 Å². The van der Waals surface area contributed by atoms with Gasteiger partial charge < -0.3 is 20.4 Å². The van der Waals surface area contributed by atoms with Gasteiger partial charge in [0.2, 0.25) is 11.8 Å². The SMILES string of the molecule is CCNC(=NCCC(=O)N(C)C)NC1CCN(C(=O)CC)C1. The normalized spacial score (nSPS) is 18.3. The van der Waals surface area contributed by atoms with Gasteiger partial charge in [-0.15, -0.1) is 0 Å². The van der Waals surface area contributed by atoms with Crippen LogP contribution in [0.25, 0.3) is 0 Å². The van der Waals surface area contributed by atoms with Gasteiger partial charge in [0.05, 0.1) is 6.54 Å². The van der Waals surface area contributed by atoms with E-state index in [9.17, 15) is 9.59 Å². The van der Waals surface area contributed by atoms with Crippen molar-refractivity contribution in [2.24, 2.45) is 4.99 Å². The molecule has 2 N–H and O–H groups in total. The highest BCUT2D eigenvalue weighted by Crippen LogP contribution is 2.10. The fourth-order valence-corrected chi connectivity index (χ4v) is 2.33. The third-order valence-electron chi connectivity index (χ3n) is 3.62. The van der Waals surface area contributed by atoms with Crippen LogP contribution in [0.4, 0.5) is 0 Å². The number of amides is 2. The van der Waals surface area contributed by atoms with E-state index >= 15 is 0 Å². The summed E-state index contributed by atoms with van der Waals surface area (Å²) in [7, 11) is 3.49. The largest absolute Gasteiger partial charge is 0.357 e. The van der Waals surface area contributed by atoms with Crippen LogP contribution in [0.5, 0.6) is 0 Å². The molecule has 1 atom stereocenters. The van der Waals surface area contributed by atoms with Crippen LogP contribution in [-0.2, 0) is 9.59 Å². The van der Waals surface area contributed by atoms with E-state index in [0.717, 1.165) is 19.5 Å².